The lowest BCUT2D eigenvalue weighted by Gasteiger charge is -2.54. The first-order valence-electron chi connectivity index (χ1n) is 24.7. The molecule has 0 radical (unpaired) electrons. The van der Waals surface area contributed by atoms with Crippen molar-refractivity contribution in [3.63, 3.8) is 0 Å². The molecular weight excluding hydrogens is 771 g/mol. The van der Waals surface area contributed by atoms with E-state index in [-0.39, 0.29) is 28.4 Å². The molecule has 64 heavy (non-hydrogen) atoms. The molecule has 0 amide bonds. The predicted molar refractivity (Wildman–Crippen MR) is 274 cm³/mol. The third kappa shape index (κ3) is 5.77. The standard InChI is InChI=1S/C61H67BN2/c1-37-27-54-56-55(28-37)64(51-23-20-43(31-45(51)39-15-13-12-14-16-39)61-35-38-29-40(36-61)46(61)30-38)53-34-48-47(59(8,9)25-26-60(48,10)11)33-50(53)62(56)49-32-42(58(5,6)7)19-24-52(49)63(54)44-21-17-41(18-22-44)57(2,3)4/h12-24,27-28,31-34,38,40,46H,25-26,29-30,35-36H2,1-11H3. The number of fused-ring (bicyclic) bond motifs is 6. The van der Waals surface area contributed by atoms with Crippen molar-refractivity contribution < 1.29 is 0 Å². The van der Waals surface area contributed by atoms with Crippen LogP contribution in [-0.4, -0.2) is 6.71 Å². The largest absolute Gasteiger partial charge is 0.311 e. The van der Waals surface area contributed by atoms with Crippen molar-refractivity contribution >= 4 is 57.2 Å². The number of aryl methyl sites for hydroxylation is 1. The Labute approximate surface area is 384 Å². The van der Waals surface area contributed by atoms with E-state index in [1.54, 1.807) is 5.56 Å². The van der Waals surface area contributed by atoms with Crippen molar-refractivity contribution in [2.75, 3.05) is 9.80 Å². The Bertz CT molecular complexity index is 2900. The molecule has 0 aromatic heterocycles. The zero-order valence-electron chi connectivity index (χ0n) is 40.4. The molecule has 3 saturated carbocycles. The second kappa shape index (κ2) is 13.3. The van der Waals surface area contributed by atoms with Gasteiger partial charge in [0.25, 0.3) is 6.71 Å². The first-order chi connectivity index (χ1) is 30.3. The summed E-state index contributed by atoms with van der Waals surface area (Å²) in [5.74, 6) is 2.73. The van der Waals surface area contributed by atoms with Crippen LogP contribution in [0.25, 0.3) is 11.1 Å². The number of nitrogens with zero attached hydrogens (tertiary/aromatic N) is 2. The summed E-state index contributed by atoms with van der Waals surface area (Å²) in [6.45, 7) is 26.4. The Morgan fingerprint density at radius 1 is 0.562 bits per heavy atom. The highest BCUT2D eigenvalue weighted by Crippen LogP contribution is 2.71. The fourth-order valence-electron chi connectivity index (χ4n) is 14.2. The number of rotatable bonds is 4. The molecule has 6 aliphatic rings. The summed E-state index contributed by atoms with van der Waals surface area (Å²) in [5.41, 5.74) is 23.9. The Hall–Kier alpha value is -5.02. The molecule has 2 heterocycles. The van der Waals surface area contributed by atoms with Crippen molar-refractivity contribution in [2.24, 2.45) is 17.8 Å². The molecule has 2 nitrogen and oxygen atoms in total. The normalized spacial score (nSPS) is 24.2. The average Bonchev–Trinajstić information content (AvgIpc) is 3.74. The summed E-state index contributed by atoms with van der Waals surface area (Å²) >= 11 is 0. The van der Waals surface area contributed by atoms with Gasteiger partial charge in [-0.1, -0.05) is 136 Å². The van der Waals surface area contributed by atoms with Crippen LogP contribution >= 0.6 is 0 Å². The predicted octanol–water partition coefficient (Wildman–Crippen LogP) is 14.4. The van der Waals surface area contributed by atoms with Gasteiger partial charge in [-0.3, -0.25) is 0 Å². The van der Waals surface area contributed by atoms with Crippen LogP contribution in [0.15, 0.2) is 115 Å². The number of hydrogen-bond acceptors (Lipinski definition) is 2. The lowest BCUT2D eigenvalue weighted by atomic mass is 9.33. The maximum absolute atomic E-state index is 2.74. The van der Waals surface area contributed by atoms with Gasteiger partial charge in [0.15, 0.2) is 0 Å². The molecule has 2 bridgehead atoms. The third-order valence-electron chi connectivity index (χ3n) is 17.7. The first kappa shape index (κ1) is 40.5. The average molecular weight is 839 g/mol. The Kier molecular flexibility index (Phi) is 8.41. The Balaban J connectivity index is 1.17. The van der Waals surface area contributed by atoms with Crippen LogP contribution in [0.2, 0.25) is 0 Å². The number of benzene rings is 6. The van der Waals surface area contributed by atoms with Gasteiger partial charge in [-0.05, 0) is 194 Å². The maximum Gasteiger partial charge on any atom is 0.252 e. The molecule has 324 valence electrons. The molecule has 12 rings (SSSR count). The highest BCUT2D eigenvalue weighted by atomic mass is 15.2. The molecule has 4 aliphatic carbocycles. The molecule has 6 aromatic carbocycles. The summed E-state index contributed by atoms with van der Waals surface area (Å²) in [4.78, 5) is 5.34. The van der Waals surface area contributed by atoms with Crippen molar-refractivity contribution in [1.82, 2.24) is 0 Å². The molecular formula is C61H67BN2. The SMILES string of the molecule is Cc1cc2c3c(c1)N(c1ccc(C45CC6CC(C4)C5C6)cc1-c1ccccc1)c1cc4c(cc1B3c1cc(C(C)(C)C)ccc1N2c1ccc(C(C)(C)C)cc1)C(C)(C)CCC4(C)C. The van der Waals surface area contributed by atoms with E-state index >= 15 is 0 Å². The lowest BCUT2D eigenvalue weighted by molar-refractivity contribution is 0.0399. The van der Waals surface area contributed by atoms with Crippen LogP contribution in [-0.2, 0) is 27.1 Å². The molecule has 0 saturated heterocycles. The van der Waals surface area contributed by atoms with Crippen LogP contribution in [0.4, 0.5) is 34.1 Å². The van der Waals surface area contributed by atoms with Crippen LogP contribution in [0.5, 0.6) is 0 Å². The fourth-order valence-corrected chi connectivity index (χ4v) is 14.2. The van der Waals surface area contributed by atoms with Gasteiger partial charge in [0.1, 0.15) is 0 Å². The van der Waals surface area contributed by atoms with E-state index in [2.05, 4.69) is 201 Å². The molecule has 2 aliphatic heterocycles. The second-order valence-electron chi connectivity index (χ2n) is 24.7. The van der Waals surface area contributed by atoms with Gasteiger partial charge in [-0.2, -0.15) is 0 Å². The first-order valence-corrected chi connectivity index (χ1v) is 24.7. The maximum atomic E-state index is 2.74. The monoisotopic (exact) mass is 839 g/mol. The Morgan fingerprint density at radius 3 is 1.83 bits per heavy atom. The van der Waals surface area contributed by atoms with Crippen LogP contribution in [0.1, 0.15) is 141 Å². The fraction of sp³-hybridized carbons (Fsp3) is 0.410. The van der Waals surface area contributed by atoms with Crippen molar-refractivity contribution in [3.05, 3.63) is 149 Å². The van der Waals surface area contributed by atoms with E-state index in [0.29, 0.717) is 5.41 Å². The summed E-state index contributed by atoms with van der Waals surface area (Å²) in [6.07, 6.45) is 8.03. The topological polar surface area (TPSA) is 6.48 Å². The van der Waals surface area contributed by atoms with Crippen molar-refractivity contribution in [2.45, 2.75) is 142 Å². The van der Waals surface area contributed by atoms with Crippen molar-refractivity contribution in [1.29, 1.82) is 0 Å². The van der Waals surface area contributed by atoms with Crippen LogP contribution in [0.3, 0.4) is 0 Å². The van der Waals surface area contributed by atoms with E-state index in [0.717, 1.165) is 17.8 Å². The molecule has 3 heteroatoms. The van der Waals surface area contributed by atoms with E-state index < -0.39 is 0 Å². The van der Waals surface area contributed by atoms with E-state index in [9.17, 15) is 0 Å². The summed E-state index contributed by atoms with van der Waals surface area (Å²) in [6, 6.07) is 46.5. The summed E-state index contributed by atoms with van der Waals surface area (Å²) < 4.78 is 0. The smallest absolute Gasteiger partial charge is 0.252 e. The van der Waals surface area contributed by atoms with Gasteiger partial charge in [0.2, 0.25) is 0 Å². The molecule has 4 unspecified atom stereocenters. The van der Waals surface area contributed by atoms with E-state index in [4.69, 9.17) is 0 Å². The second-order valence-corrected chi connectivity index (χ2v) is 24.7. The third-order valence-corrected chi connectivity index (χ3v) is 17.7. The minimum Gasteiger partial charge on any atom is -0.311 e. The molecule has 0 spiro atoms. The van der Waals surface area contributed by atoms with Gasteiger partial charge in [-0.25, -0.2) is 0 Å². The van der Waals surface area contributed by atoms with Crippen molar-refractivity contribution in [3.8, 4) is 11.1 Å². The lowest BCUT2D eigenvalue weighted by Crippen LogP contribution is -2.62. The van der Waals surface area contributed by atoms with Crippen LogP contribution in [0, 0.1) is 24.7 Å². The van der Waals surface area contributed by atoms with Gasteiger partial charge >= 0.3 is 0 Å². The van der Waals surface area contributed by atoms with Gasteiger partial charge in [-0.15, -0.1) is 0 Å². The summed E-state index contributed by atoms with van der Waals surface area (Å²) in [5, 5.41) is 0. The number of hydrogen-bond donors (Lipinski definition) is 0. The van der Waals surface area contributed by atoms with Crippen LogP contribution < -0.4 is 26.2 Å². The molecule has 0 N–H and O–H groups in total. The van der Waals surface area contributed by atoms with Gasteiger partial charge in [0, 0.05) is 34.0 Å². The van der Waals surface area contributed by atoms with E-state index in [1.807, 2.05) is 0 Å². The highest BCUT2D eigenvalue weighted by Gasteiger charge is 2.64. The van der Waals surface area contributed by atoms with E-state index in [1.165, 1.54) is 128 Å². The van der Waals surface area contributed by atoms with Gasteiger partial charge < -0.3 is 9.80 Å². The summed E-state index contributed by atoms with van der Waals surface area (Å²) in [7, 11) is 0. The minimum absolute atomic E-state index is 0.00110. The highest BCUT2D eigenvalue weighted by molar-refractivity contribution is 7.00. The molecule has 4 atom stereocenters. The minimum atomic E-state index is 0.00110. The Morgan fingerprint density at radius 2 is 1.19 bits per heavy atom. The number of anilines is 6. The molecule has 6 aromatic rings. The quantitative estimate of drug-likeness (QED) is 0.163. The zero-order valence-corrected chi connectivity index (χ0v) is 40.4. The molecule has 3 fully saturated rings. The van der Waals surface area contributed by atoms with Gasteiger partial charge in [0.05, 0.1) is 5.69 Å². The zero-order chi connectivity index (χ0) is 44.5.